The number of hydrogen-bond donors (Lipinski definition) is 1. The van der Waals surface area contributed by atoms with E-state index >= 15 is 0 Å². The van der Waals surface area contributed by atoms with Crippen molar-refractivity contribution in [1.82, 2.24) is 4.90 Å². The highest BCUT2D eigenvalue weighted by Gasteiger charge is 2.26. The molecule has 1 amide bonds. The fourth-order valence-corrected chi connectivity index (χ4v) is 2.53. The molecule has 1 aliphatic rings. The largest absolute Gasteiger partial charge is 0.342 e. The summed E-state index contributed by atoms with van der Waals surface area (Å²) in [4.78, 5) is 14.1. The van der Waals surface area contributed by atoms with Gasteiger partial charge in [0.25, 0.3) is 0 Å². The van der Waals surface area contributed by atoms with E-state index in [1.54, 1.807) is 0 Å². The molecule has 1 aromatic rings. The second kappa shape index (κ2) is 6.01. The molecule has 0 bridgehead atoms. The van der Waals surface area contributed by atoms with Crippen molar-refractivity contribution in [3.63, 3.8) is 0 Å². The van der Waals surface area contributed by atoms with Crippen molar-refractivity contribution in [3.8, 4) is 0 Å². The van der Waals surface area contributed by atoms with E-state index in [0.717, 1.165) is 31.5 Å². The van der Waals surface area contributed by atoms with E-state index < -0.39 is 0 Å². The van der Waals surface area contributed by atoms with Crippen molar-refractivity contribution in [1.29, 1.82) is 0 Å². The molecule has 0 radical (unpaired) electrons. The summed E-state index contributed by atoms with van der Waals surface area (Å²) >= 11 is 0. The van der Waals surface area contributed by atoms with Crippen LogP contribution in [0, 0.1) is 5.92 Å². The first kappa shape index (κ1) is 13.1. The minimum atomic E-state index is -0.181. The maximum Gasteiger partial charge on any atom is 0.224 e. The number of likely N-dealkylation sites (tertiary alicyclic amines) is 1. The molecular weight excluding hydrogens is 224 g/mol. The van der Waals surface area contributed by atoms with Crippen LogP contribution in [0.2, 0.25) is 0 Å². The van der Waals surface area contributed by atoms with Crippen molar-refractivity contribution >= 4 is 5.91 Å². The molecule has 18 heavy (non-hydrogen) atoms. The van der Waals surface area contributed by atoms with Gasteiger partial charge in [-0.05, 0) is 17.9 Å². The van der Waals surface area contributed by atoms with Gasteiger partial charge in [-0.2, -0.15) is 0 Å². The summed E-state index contributed by atoms with van der Waals surface area (Å²) in [7, 11) is 0. The Balaban J connectivity index is 1.88. The van der Waals surface area contributed by atoms with Gasteiger partial charge in [0.15, 0.2) is 0 Å². The standard InChI is InChI=1S/C15H22N2O/c1-2-12-8-9-17(11-12)15(18)10-14(16)13-6-4-3-5-7-13/h3-7,12,14H,2,8-11,16H2,1H3. The van der Waals surface area contributed by atoms with Gasteiger partial charge < -0.3 is 10.6 Å². The fraction of sp³-hybridized carbons (Fsp3) is 0.533. The Labute approximate surface area is 109 Å². The summed E-state index contributed by atoms with van der Waals surface area (Å²) in [6.45, 7) is 4.00. The molecule has 1 aliphatic heterocycles. The molecule has 1 aromatic carbocycles. The highest BCUT2D eigenvalue weighted by molar-refractivity contribution is 5.77. The first-order valence-corrected chi connectivity index (χ1v) is 6.79. The maximum absolute atomic E-state index is 12.1. The van der Waals surface area contributed by atoms with E-state index in [9.17, 15) is 4.79 Å². The minimum absolute atomic E-state index is 0.181. The molecule has 0 aliphatic carbocycles. The summed E-state index contributed by atoms with van der Waals surface area (Å²) in [5.41, 5.74) is 7.12. The molecule has 1 fully saturated rings. The van der Waals surface area contributed by atoms with Crippen LogP contribution >= 0.6 is 0 Å². The number of hydrogen-bond acceptors (Lipinski definition) is 2. The van der Waals surface area contributed by atoms with E-state index in [0.29, 0.717) is 12.3 Å². The van der Waals surface area contributed by atoms with Gasteiger partial charge in [0.2, 0.25) is 5.91 Å². The third-order valence-electron chi connectivity index (χ3n) is 3.84. The zero-order chi connectivity index (χ0) is 13.0. The van der Waals surface area contributed by atoms with Crippen LogP contribution in [0.3, 0.4) is 0 Å². The van der Waals surface area contributed by atoms with Gasteiger partial charge in [0.1, 0.15) is 0 Å². The molecule has 3 nitrogen and oxygen atoms in total. The average molecular weight is 246 g/mol. The topological polar surface area (TPSA) is 46.3 Å². The smallest absolute Gasteiger partial charge is 0.224 e. The quantitative estimate of drug-likeness (QED) is 0.886. The number of benzene rings is 1. The Morgan fingerprint density at radius 3 is 2.78 bits per heavy atom. The minimum Gasteiger partial charge on any atom is -0.342 e. The second-order valence-corrected chi connectivity index (χ2v) is 5.12. The van der Waals surface area contributed by atoms with Crippen LogP contribution in [0.5, 0.6) is 0 Å². The van der Waals surface area contributed by atoms with Crippen LogP contribution in [0.25, 0.3) is 0 Å². The number of nitrogens with zero attached hydrogens (tertiary/aromatic N) is 1. The van der Waals surface area contributed by atoms with Crippen molar-refractivity contribution in [2.75, 3.05) is 13.1 Å². The number of nitrogens with two attached hydrogens (primary N) is 1. The summed E-state index contributed by atoms with van der Waals surface area (Å²) in [6.07, 6.45) is 2.72. The van der Waals surface area contributed by atoms with Gasteiger partial charge in [0, 0.05) is 25.6 Å². The van der Waals surface area contributed by atoms with E-state index in [1.165, 1.54) is 0 Å². The molecule has 2 N–H and O–H groups in total. The van der Waals surface area contributed by atoms with Crippen LogP contribution in [-0.4, -0.2) is 23.9 Å². The number of carbonyl (C=O) groups excluding carboxylic acids is 1. The van der Waals surface area contributed by atoms with Crippen LogP contribution in [0.15, 0.2) is 30.3 Å². The van der Waals surface area contributed by atoms with Gasteiger partial charge in [-0.1, -0.05) is 43.7 Å². The van der Waals surface area contributed by atoms with Gasteiger partial charge in [-0.3, -0.25) is 4.79 Å². The van der Waals surface area contributed by atoms with Crippen LogP contribution < -0.4 is 5.73 Å². The van der Waals surface area contributed by atoms with E-state index in [1.807, 2.05) is 35.2 Å². The van der Waals surface area contributed by atoms with Crippen molar-refractivity contribution in [2.45, 2.75) is 32.2 Å². The zero-order valence-electron chi connectivity index (χ0n) is 11.0. The first-order chi connectivity index (χ1) is 8.70. The zero-order valence-corrected chi connectivity index (χ0v) is 11.0. The summed E-state index contributed by atoms with van der Waals surface area (Å²) in [5.74, 6) is 0.879. The Kier molecular flexibility index (Phi) is 4.37. The number of amides is 1. The Bertz CT molecular complexity index is 391. The second-order valence-electron chi connectivity index (χ2n) is 5.12. The molecular formula is C15H22N2O. The van der Waals surface area contributed by atoms with E-state index in [4.69, 9.17) is 5.73 Å². The lowest BCUT2D eigenvalue weighted by Gasteiger charge is -2.19. The highest BCUT2D eigenvalue weighted by atomic mass is 16.2. The monoisotopic (exact) mass is 246 g/mol. The van der Waals surface area contributed by atoms with E-state index in [-0.39, 0.29) is 11.9 Å². The van der Waals surface area contributed by atoms with Gasteiger partial charge in [-0.15, -0.1) is 0 Å². The lowest BCUT2D eigenvalue weighted by Crippen LogP contribution is -2.31. The van der Waals surface area contributed by atoms with Crippen LogP contribution in [0.1, 0.15) is 37.8 Å². The Morgan fingerprint density at radius 1 is 1.44 bits per heavy atom. The summed E-state index contributed by atoms with van der Waals surface area (Å²) < 4.78 is 0. The fourth-order valence-electron chi connectivity index (χ4n) is 2.53. The van der Waals surface area contributed by atoms with Crippen molar-refractivity contribution in [3.05, 3.63) is 35.9 Å². The van der Waals surface area contributed by atoms with Gasteiger partial charge >= 0.3 is 0 Å². The Morgan fingerprint density at radius 2 is 2.17 bits per heavy atom. The highest BCUT2D eigenvalue weighted by Crippen LogP contribution is 2.22. The molecule has 1 saturated heterocycles. The van der Waals surface area contributed by atoms with E-state index in [2.05, 4.69) is 6.92 Å². The predicted molar refractivity (Wildman–Crippen MR) is 73.0 cm³/mol. The van der Waals surface area contributed by atoms with Crippen LogP contribution in [0.4, 0.5) is 0 Å². The molecule has 2 atom stereocenters. The van der Waals surface area contributed by atoms with Crippen LogP contribution in [-0.2, 0) is 4.79 Å². The molecule has 1 heterocycles. The lowest BCUT2D eigenvalue weighted by atomic mass is 10.0. The molecule has 3 heteroatoms. The van der Waals surface area contributed by atoms with Crippen molar-refractivity contribution in [2.24, 2.45) is 11.7 Å². The van der Waals surface area contributed by atoms with Crippen molar-refractivity contribution < 1.29 is 4.79 Å². The molecule has 2 rings (SSSR count). The predicted octanol–water partition coefficient (Wildman–Crippen LogP) is 2.34. The molecule has 0 aromatic heterocycles. The molecule has 98 valence electrons. The maximum atomic E-state index is 12.1. The SMILES string of the molecule is CCC1CCN(C(=O)CC(N)c2ccccc2)C1. The molecule has 0 spiro atoms. The van der Waals surface area contributed by atoms with Gasteiger partial charge in [-0.25, -0.2) is 0 Å². The molecule has 2 unspecified atom stereocenters. The average Bonchev–Trinajstić information content (AvgIpc) is 2.88. The summed E-state index contributed by atoms with van der Waals surface area (Å²) in [6, 6.07) is 9.67. The lowest BCUT2D eigenvalue weighted by molar-refractivity contribution is -0.130. The number of rotatable bonds is 4. The molecule has 0 saturated carbocycles. The number of carbonyl (C=O) groups is 1. The Hall–Kier alpha value is -1.35. The van der Waals surface area contributed by atoms with Gasteiger partial charge in [0.05, 0.1) is 0 Å². The first-order valence-electron chi connectivity index (χ1n) is 6.79. The third-order valence-corrected chi connectivity index (χ3v) is 3.84. The third kappa shape index (κ3) is 3.10. The normalized spacial score (nSPS) is 21.0. The summed E-state index contributed by atoms with van der Waals surface area (Å²) in [5, 5.41) is 0.